The molecular formula is C9H17NaO. The van der Waals surface area contributed by atoms with Gasteiger partial charge in [0.25, 0.3) is 0 Å². The molecule has 0 aliphatic heterocycles. The van der Waals surface area contributed by atoms with E-state index < -0.39 is 0 Å². The minimum Gasteiger partial charge on any atom is -0.854 e. The molecule has 0 aromatic rings. The van der Waals surface area contributed by atoms with Crippen molar-refractivity contribution >= 4 is 0 Å². The van der Waals surface area contributed by atoms with Gasteiger partial charge in [-0.25, -0.2) is 0 Å². The average Bonchev–Trinajstić information content (AvgIpc) is 1.97. The van der Waals surface area contributed by atoms with Crippen molar-refractivity contribution < 1.29 is 34.7 Å². The second kappa shape index (κ2) is 13.3. The maximum atomic E-state index is 10.0. The first-order chi connectivity index (χ1) is 4.91. The van der Waals surface area contributed by atoms with Crippen molar-refractivity contribution in [2.24, 2.45) is 0 Å². The first-order valence-electron chi connectivity index (χ1n) is 4.11. The van der Waals surface area contributed by atoms with E-state index in [-0.39, 0.29) is 36.2 Å². The molecular weight excluding hydrogens is 147 g/mol. The molecule has 0 aliphatic carbocycles. The molecule has 0 atom stereocenters. The Morgan fingerprint density at radius 2 is 1.55 bits per heavy atom. The van der Waals surface area contributed by atoms with Crippen LogP contribution in [0.4, 0.5) is 0 Å². The van der Waals surface area contributed by atoms with Crippen LogP contribution >= 0.6 is 0 Å². The Labute approximate surface area is 92.2 Å². The van der Waals surface area contributed by atoms with Gasteiger partial charge < -0.3 is 5.11 Å². The smallest absolute Gasteiger partial charge is 0.854 e. The van der Waals surface area contributed by atoms with Crippen LogP contribution in [0.5, 0.6) is 0 Å². The van der Waals surface area contributed by atoms with Crippen LogP contribution in [-0.2, 0) is 0 Å². The molecule has 1 nitrogen and oxygen atoms in total. The van der Waals surface area contributed by atoms with Crippen molar-refractivity contribution in [2.75, 3.05) is 6.61 Å². The Morgan fingerprint density at radius 3 is 2.09 bits per heavy atom. The van der Waals surface area contributed by atoms with Crippen molar-refractivity contribution in [3.8, 4) is 0 Å². The largest absolute Gasteiger partial charge is 1.00 e. The monoisotopic (exact) mass is 164 g/mol. The van der Waals surface area contributed by atoms with Gasteiger partial charge in [0, 0.05) is 0 Å². The summed E-state index contributed by atoms with van der Waals surface area (Å²) in [5, 5.41) is 10.0. The summed E-state index contributed by atoms with van der Waals surface area (Å²) in [7, 11) is 0. The summed E-state index contributed by atoms with van der Waals surface area (Å²) in [5.74, 6) is 0. The molecule has 0 aliphatic rings. The van der Waals surface area contributed by atoms with Crippen molar-refractivity contribution in [3.63, 3.8) is 0 Å². The van der Waals surface area contributed by atoms with E-state index in [1.807, 2.05) is 6.08 Å². The fraction of sp³-hybridized carbons (Fsp3) is 0.778. The molecule has 60 valence electrons. The van der Waals surface area contributed by atoms with E-state index >= 15 is 0 Å². The molecule has 0 unspecified atom stereocenters. The van der Waals surface area contributed by atoms with E-state index in [1.165, 1.54) is 19.3 Å². The third-order valence-electron chi connectivity index (χ3n) is 1.55. The number of unbranched alkanes of at least 4 members (excludes halogenated alkanes) is 5. The van der Waals surface area contributed by atoms with Crippen molar-refractivity contribution in [1.29, 1.82) is 0 Å². The summed E-state index contributed by atoms with van der Waals surface area (Å²) in [6.07, 6.45) is 8.75. The van der Waals surface area contributed by atoms with E-state index in [0.29, 0.717) is 0 Å². The Morgan fingerprint density at radius 1 is 1.00 bits per heavy atom. The molecule has 0 rings (SSSR count). The van der Waals surface area contributed by atoms with Gasteiger partial charge in [-0.15, -0.1) is 13.2 Å². The quantitative estimate of drug-likeness (QED) is 0.265. The Kier molecular flexibility index (Phi) is 17.2. The molecule has 0 amide bonds. The standard InChI is InChI=1S/C9H17O.Na/c1-2-3-4-5-6-7-8-9-10;/h2H,1,3-9H2;/q-1;+1. The van der Waals surface area contributed by atoms with Gasteiger partial charge in [0.2, 0.25) is 0 Å². The summed E-state index contributed by atoms with van der Waals surface area (Å²) >= 11 is 0. The zero-order chi connectivity index (χ0) is 7.66. The molecule has 0 N–H and O–H groups in total. The fourth-order valence-electron chi connectivity index (χ4n) is 0.921. The molecule has 0 heterocycles. The molecule has 0 saturated carbocycles. The molecule has 0 saturated heterocycles. The maximum Gasteiger partial charge on any atom is 1.00 e. The van der Waals surface area contributed by atoms with E-state index in [9.17, 15) is 5.11 Å². The van der Waals surface area contributed by atoms with E-state index in [0.717, 1.165) is 19.3 Å². The number of hydrogen-bond donors (Lipinski definition) is 0. The predicted molar refractivity (Wildman–Crippen MR) is 42.8 cm³/mol. The van der Waals surface area contributed by atoms with E-state index in [4.69, 9.17) is 0 Å². The van der Waals surface area contributed by atoms with Gasteiger partial charge >= 0.3 is 29.6 Å². The molecule has 11 heavy (non-hydrogen) atoms. The second-order valence-electron chi connectivity index (χ2n) is 2.55. The molecule has 0 aromatic heterocycles. The summed E-state index contributed by atoms with van der Waals surface area (Å²) < 4.78 is 0. The first kappa shape index (κ1) is 14.2. The van der Waals surface area contributed by atoms with Gasteiger partial charge in [0.1, 0.15) is 0 Å². The third-order valence-corrected chi connectivity index (χ3v) is 1.55. The van der Waals surface area contributed by atoms with Gasteiger partial charge in [-0.3, -0.25) is 0 Å². The summed E-state index contributed by atoms with van der Waals surface area (Å²) in [6, 6.07) is 0. The minimum atomic E-state index is 0. The number of allylic oxidation sites excluding steroid dienone is 1. The first-order valence-corrected chi connectivity index (χ1v) is 4.11. The third kappa shape index (κ3) is 13.7. The summed E-state index contributed by atoms with van der Waals surface area (Å²) in [5.41, 5.74) is 0. The second-order valence-corrected chi connectivity index (χ2v) is 2.55. The SMILES string of the molecule is C=CCCCCCCC[O-].[Na+]. The minimum absolute atomic E-state index is 0. The topological polar surface area (TPSA) is 23.1 Å². The Bertz CT molecular complexity index is 74.0. The number of hydrogen-bond acceptors (Lipinski definition) is 1. The summed E-state index contributed by atoms with van der Waals surface area (Å²) in [6.45, 7) is 3.74. The van der Waals surface area contributed by atoms with Crippen molar-refractivity contribution in [2.45, 2.75) is 38.5 Å². The molecule has 2 heteroatoms. The van der Waals surface area contributed by atoms with Crippen LogP contribution in [0.1, 0.15) is 38.5 Å². The van der Waals surface area contributed by atoms with Crippen LogP contribution in [0.2, 0.25) is 0 Å². The zero-order valence-electron chi connectivity index (χ0n) is 7.64. The van der Waals surface area contributed by atoms with Crippen LogP contribution in [-0.4, -0.2) is 6.61 Å². The van der Waals surface area contributed by atoms with Gasteiger partial charge in [-0.1, -0.05) is 31.8 Å². The normalized spacial score (nSPS) is 8.82. The molecule has 0 radical (unpaired) electrons. The van der Waals surface area contributed by atoms with E-state index in [2.05, 4.69) is 6.58 Å². The van der Waals surface area contributed by atoms with Crippen molar-refractivity contribution in [3.05, 3.63) is 12.7 Å². The van der Waals surface area contributed by atoms with E-state index in [1.54, 1.807) is 0 Å². The maximum absolute atomic E-state index is 10.0. The molecule has 0 spiro atoms. The van der Waals surface area contributed by atoms with Crippen LogP contribution in [0.3, 0.4) is 0 Å². The van der Waals surface area contributed by atoms with Gasteiger partial charge in [0.05, 0.1) is 0 Å². The van der Waals surface area contributed by atoms with Gasteiger partial charge in [-0.05, 0) is 12.8 Å². The molecule has 0 fully saturated rings. The number of rotatable bonds is 7. The zero-order valence-corrected chi connectivity index (χ0v) is 9.64. The molecule has 0 bridgehead atoms. The van der Waals surface area contributed by atoms with Crippen LogP contribution in [0.15, 0.2) is 12.7 Å². The Balaban J connectivity index is 0. The average molecular weight is 164 g/mol. The van der Waals surface area contributed by atoms with Gasteiger partial charge in [0.15, 0.2) is 0 Å². The van der Waals surface area contributed by atoms with Gasteiger partial charge in [-0.2, -0.15) is 0 Å². The van der Waals surface area contributed by atoms with Crippen molar-refractivity contribution in [1.82, 2.24) is 0 Å². The van der Waals surface area contributed by atoms with Crippen LogP contribution in [0, 0.1) is 0 Å². The fourth-order valence-corrected chi connectivity index (χ4v) is 0.921. The Hall–Kier alpha value is 0.700. The summed E-state index contributed by atoms with van der Waals surface area (Å²) in [4.78, 5) is 0. The predicted octanol–water partition coefficient (Wildman–Crippen LogP) is -1.12. The molecule has 0 aromatic carbocycles. The van der Waals surface area contributed by atoms with Crippen LogP contribution < -0.4 is 34.7 Å². The van der Waals surface area contributed by atoms with Crippen LogP contribution in [0.25, 0.3) is 0 Å².